The van der Waals surface area contributed by atoms with Crippen molar-refractivity contribution >= 4 is 5.91 Å². The van der Waals surface area contributed by atoms with Gasteiger partial charge in [-0.1, -0.05) is 17.3 Å². The van der Waals surface area contributed by atoms with E-state index >= 15 is 0 Å². The maximum atomic E-state index is 12.0. The second kappa shape index (κ2) is 8.63. The lowest BCUT2D eigenvalue weighted by atomic mass is 10.1. The number of ether oxygens (including phenoxy) is 1. The number of amides is 1. The first-order chi connectivity index (χ1) is 13.2. The fourth-order valence-electron chi connectivity index (χ4n) is 2.47. The molecule has 0 aliphatic heterocycles. The van der Waals surface area contributed by atoms with Crippen LogP contribution in [0.15, 0.2) is 53.1 Å². The average molecular weight is 362 g/mol. The lowest BCUT2D eigenvalue weighted by Crippen LogP contribution is -2.23. The Bertz CT molecular complexity index is 958. The molecular weight excluding hydrogens is 344 g/mol. The summed E-state index contributed by atoms with van der Waals surface area (Å²) in [5, 5.41) is 15.7. The lowest BCUT2D eigenvalue weighted by Gasteiger charge is -2.04. The van der Waals surface area contributed by atoms with E-state index in [1.165, 1.54) is 0 Å². The number of aryl methyl sites for hydroxylation is 1. The summed E-state index contributed by atoms with van der Waals surface area (Å²) in [5.41, 5.74) is 2.26. The van der Waals surface area contributed by atoms with E-state index in [4.69, 9.17) is 14.5 Å². The fraction of sp³-hybridized carbons (Fsp3) is 0.200. The van der Waals surface area contributed by atoms with Crippen molar-refractivity contribution in [1.82, 2.24) is 15.5 Å². The molecule has 0 atom stereocenters. The molecule has 1 N–H and O–H groups in total. The number of methoxy groups -OCH3 is 1. The van der Waals surface area contributed by atoms with Crippen molar-refractivity contribution in [2.45, 2.75) is 19.4 Å². The van der Waals surface area contributed by atoms with Gasteiger partial charge in [0.1, 0.15) is 5.75 Å². The molecule has 136 valence electrons. The minimum Gasteiger partial charge on any atom is -0.497 e. The van der Waals surface area contributed by atoms with Crippen molar-refractivity contribution in [3.8, 4) is 23.2 Å². The molecule has 0 aliphatic rings. The van der Waals surface area contributed by atoms with Crippen molar-refractivity contribution in [2.24, 2.45) is 0 Å². The van der Waals surface area contributed by atoms with Crippen LogP contribution in [-0.2, 0) is 17.8 Å². The van der Waals surface area contributed by atoms with Gasteiger partial charge < -0.3 is 14.6 Å². The predicted molar refractivity (Wildman–Crippen MR) is 97.6 cm³/mol. The highest BCUT2D eigenvalue weighted by Gasteiger charge is 2.11. The zero-order valence-electron chi connectivity index (χ0n) is 14.8. The number of aromatic nitrogens is 2. The molecule has 7 nitrogen and oxygen atoms in total. The summed E-state index contributed by atoms with van der Waals surface area (Å²) in [5.74, 6) is 1.50. The molecule has 7 heteroatoms. The van der Waals surface area contributed by atoms with Crippen molar-refractivity contribution < 1.29 is 14.1 Å². The number of benzene rings is 2. The number of carbonyl (C=O) groups excluding carboxylic acids is 1. The van der Waals surface area contributed by atoms with Gasteiger partial charge in [0.25, 0.3) is 0 Å². The van der Waals surface area contributed by atoms with Crippen LogP contribution >= 0.6 is 0 Å². The van der Waals surface area contributed by atoms with Gasteiger partial charge in [-0.25, -0.2) is 0 Å². The standard InChI is InChI=1S/C20H18N4O3/c1-26-17-7-5-16(6-8-17)20-23-19(27-24-20)10-9-18(25)22-13-15-4-2-3-14(11-15)12-21/h2-8,11H,9-10,13H2,1H3,(H,22,25). The first-order valence-electron chi connectivity index (χ1n) is 8.40. The second-order valence-corrected chi connectivity index (χ2v) is 5.83. The quantitative estimate of drug-likeness (QED) is 0.693. The van der Waals surface area contributed by atoms with Gasteiger partial charge in [0.05, 0.1) is 18.7 Å². The molecule has 0 saturated heterocycles. The molecular formula is C20H18N4O3. The van der Waals surface area contributed by atoms with E-state index in [-0.39, 0.29) is 12.3 Å². The molecule has 0 unspecified atom stereocenters. The van der Waals surface area contributed by atoms with Gasteiger partial charge in [-0.2, -0.15) is 10.2 Å². The summed E-state index contributed by atoms with van der Waals surface area (Å²) in [6.45, 7) is 0.370. The van der Waals surface area contributed by atoms with E-state index in [1.54, 1.807) is 25.3 Å². The van der Waals surface area contributed by atoms with Crippen molar-refractivity contribution in [1.29, 1.82) is 5.26 Å². The number of rotatable bonds is 7. The van der Waals surface area contributed by atoms with Gasteiger partial charge in [0.15, 0.2) is 0 Å². The first kappa shape index (κ1) is 18.1. The Balaban J connectivity index is 1.50. The minimum atomic E-state index is -0.124. The van der Waals surface area contributed by atoms with Gasteiger partial charge in [-0.15, -0.1) is 0 Å². The third-order valence-electron chi connectivity index (χ3n) is 3.93. The summed E-state index contributed by atoms with van der Waals surface area (Å²) in [6, 6.07) is 16.5. The van der Waals surface area contributed by atoms with Crippen molar-refractivity contribution in [2.75, 3.05) is 7.11 Å². The summed E-state index contributed by atoms with van der Waals surface area (Å²) >= 11 is 0. The molecule has 0 spiro atoms. The second-order valence-electron chi connectivity index (χ2n) is 5.83. The molecule has 0 aliphatic carbocycles. The Morgan fingerprint density at radius 2 is 2.07 bits per heavy atom. The highest BCUT2D eigenvalue weighted by molar-refractivity contribution is 5.76. The van der Waals surface area contributed by atoms with Crippen LogP contribution in [0.5, 0.6) is 5.75 Å². The molecule has 2 aromatic carbocycles. The van der Waals surface area contributed by atoms with E-state index < -0.39 is 0 Å². The third kappa shape index (κ3) is 4.92. The van der Waals surface area contributed by atoms with Crippen molar-refractivity contribution in [3.63, 3.8) is 0 Å². The number of carbonyl (C=O) groups is 1. The summed E-state index contributed by atoms with van der Waals surface area (Å²) in [6.07, 6.45) is 0.593. The van der Waals surface area contributed by atoms with Crippen LogP contribution in [0.1, 0.15) is 23.4 Å². The van der Waals surface area contributed by atoms with Crippen LogP contribution in [0.2, 0.25) is 0 Å². The van der Waals surface area contributed by atoms with E-state index in [0.717, 1.165) is 16.9 Å². The molecule has 1 aromatic heterocycles. The number of nitrogens with one attached hydrogen (secondary N) is 1. The highest BCUT2D eigenvalue weighted by atomic mass is 16.5. The number of hydrogen-bond donors (Lipinski definition) is 1. The van der Waals surface area contributed by atoms with Gasteiger partial charge in [-0.05, 0) is 42.0 Å². The Labute approximate surface area is 156 Å². The average Bonchev–Trinajstić information content (AvgIpc) is 3.20. The molecule has 1 amide bonds. The van der Waals surface area contributed by atoms with E-state index in [1.807, 2.05) is 30.3 Å². The molecule has 0 radical (unpaired) electrons. The van der Waals surface area contributed by atoms with Crippen LogP contribution in [0.3, 0.4) is 0 Å². The summed E-state index contributed by atoms with van der Waals surface area (Å²) < 4.78 is 10.3. The Kier molecular flexibility index (Phi) is 5.80. The predicted octanol–water partition coefficient (Wildman–Crippen LogP) is 2.87. The molecule has 0 saturated carbocycles. The molecule has 3 rings (SSSR count). The minimum absolute atomic E-state index is 0.124. The van der Waals surface area contributed by atoms with Crippen LogP contribution in [-0.4, -0.2) is 23.2 Å². The Hall–Kier alpha value is -3.66. The van der Waals surface area contributed by atoms with Crippen LogP contribution in [0.25, 0.3) is 11.4 Å². The largest absolute Gasteiger partial charge is 0.497 e. The van der Waals surface area contributed by atoms with Crippen molar-refractivity contribution in [3.05, 3.63) is 65.5 Å². The van der Waals surface area contributed by atoms with Gasteiger partial charge >= 0.3 is 0 Å². The smallest absolute Gasteiger partial charge is 0.227 e. The van der Waals surface area contributed by atoms with Gasteiger partial charge in [0, 0.05) is 24.9 Å². The maximum Gasteiger partial charge on any atom is 0.227 e. The third-order valence-corrected chi connectivity index (χ3v) is 3.93. The summed E-state index contributed by atoms with van der Waals surface area (Å²) in [7, 11) is 1.60. The van der Waals surface area contributed by atoms with Crippen LogP contribution in [0, 0.1) is 11.3 Å². The molecule has 3 aromatic rings. The zero-order valence-corrected chi connectivity index (χ0v) is 14.8. The normalized spacial score (nSPS) is 10.2. The van der Waals surface area contributed by atoms with Crippen LogP contribution < -0.4 is 10.1 Å². The SMILES string of the molecule is COc1ccc(-c2noc(CCC(=O)NCc3cccc(C#N)c3)n2)cc1. The van der Waals surface area contributed by atoms with E-state index in [9.17, 15) is 4.79 Å². The number of nitriles is 1. The topological polar surface area (TPSA) is 101 Å². The lowest BCUT2D eigenvalue weighted by molar-refractivity contribution is -0.121. The van der Waals surface area contributed by atoms with Gasteiger partial charge in [0.2, 0.25) is 17.6 Å². The Morgan fingerprint density at radius 3 is 2.81 bits per heavy atom. The molecule has 27 heavy (non-hydrogen) atoms. The molecule has 1 heterocycles. The highest BCUT2D eigenvalue weighted by Crippen LogP contribution is 2.20. The van der Waals surface area contributed by atoms with E-state index in [0.29, 0.717) is 30.2 Å². The summed E-state index contributed by atoms with van der Waals surface area (Å²) in [4.78, 5) is 16.3. The monoisotopic (exact) mass is 362 g/mol. The fourth-order valence-corrected chi connectivity index (χ4v) is 2.47. The van der Waals surface area contributed by atoms with E-state index in [2.05, 4.69) is 21.5 Å². The first-order valence-corrected chi connectivity index (χ1v) is 8.40. The maximum absolute atomic E-state index is 12.0. The number of hydrogen-bond acceptors (Lipinski definition) is 6. The van der Waals surface area contributed by atoms with Gasteiger partial charge in [-0.3, -0.25) is 4.79 Å². The molecule has 0 bridgehead atoms. The number of nitrogens with zero attached hydrogens (tertiary/aromatic N) is 3. The Morgan fingerprint density at radius 1 is 1.26 bits per heavy atom. The zero-order chi connectivity index (χ0) is 19.1. The molecule has 0 fully saturated rings. The van der Waals surface area contributed by atoms with Crippen LogP contribution in [0.4, 0.5) is 0 Å².